The van der Waals surface area contributed by atoms with Gasteiger partial charge in [0.1, 0.15) is 0 Å². The van der Waals surface area contributed by atoms with Gasteiger partial charge in [-0.15, -0.1) is 0 Å². The molecule has 0 saturated carbocycles. The lowest BCUT2D eigenvalue weighted by Crippen LogP contribution is -2.44. The monoisotopic (exact) mass is 476 g/mol. The number of carbonyl (C=O) groups is 2. The molecule has 182 valence electrons. The molecule has 0 aliphatic rings. The fourth-order valence-corrected chi connectivity index (χ4v) is 4.17. The van der Waals surface area contributed by atoms with Crippen LogP contribution in [0.1, 0.15) is 65.4 Å². The number of aryl methyl sites for hydroxylation is 1. The molecule has 0 spiro atoms. The SMILES string of the molecule is CC.CCCC(CC)NC(=O)NS(=O)(=O)c1ccc(-c2ccc(CCCC(=O)O)cc2)cc1. The molecule has 2 aromatic rings. The van der Waals surface area contributed by atoms with E-state index in [0.717, 1.165) is 36.0 Å². The second-order valence-corrected chi connectivity index (χ2v) is 9.12. The van der Waals surface area contributed by atoms with Crippen molar-refractivity contribution in [3.8, 4) is 11.1 Å². The van der Waals surface area contributed by atoms with Crippen LogP contribution in [0.5, 0.6) is 0 Å². The van der Waals surface area contributed by atoms with Crippen molar-refractivity contribution in [2.75, 3.05) is 0 Å². The first kappa shape index (κ1) is 28.2. The molecule has 1 unspecified atom stereocenters. The smallest absolute Gasteiger partial charge is 0.328 e. The van der Waals surface area contributed by atoms with Crippen LogP contribution in [0.4, 0.5) is 4.79 Å². The molecule has 2 aromatic carbocycles. The van der Waals surface area contributed by atoms with Gasteiger partial charge in [-0.2, -0.15) is 0 Å². The van der Waals surface area contributed by atoms with Gasteiger partial charge < -0.3 is 10.4 Å². The lowest BCUT2D eigenvalue weighted by atomic mass is 10.0. The highest BCUT2D eigenvalue weighted by Gasteiger charge is 2.19. The Morgan fingerprint density at radius 1 is 0.939 bits per heavy atom. The average molecular weight is 477 g/mol. The summed E-state index contributed by atoms with van der Waals surface area (Å²) in [6.07, 6.45) is 3.83. The van der Waals surface area contributed by atoms with Crippen LogP contribution in [0.25, 0.3) is 11.1 Å². The van der Waals surface area contributed by atoms with Crippen LogP contribution < -0.4 is 10.0 Å². The van der Waals surface area contributed by atoms with Gasteiger partial charge in [0.05, 0.1) is 4.90 Å². The molecule has 33 heavy (non-hydrogen) atoms. The van der Waals surface area contributed by atoms with Crippen molar-refractivity contribution in [1.82, 2.24) is 10.0 Å². The molecular weight excluding hydrogens is 440 g/mol. The van der Waals surface area contributed by atoms with Gasteiger partial charge in [0, 0.05) is 12.5 Å². The van der Waals surface area contributed by atoms with Crippen LogP contribution in [0.3, 0.4) is 0 Å². The predicted octanol–water partition coefficient (Wildman–Crippen LogP) is 5.35. The zero-order valence-electron chi connectivity index (χ0n) is 19.9. The summed E-state index contributed by atoms with van der Waals surface area (Å²) in [6.45, 7) is 7.95. The molecule has 0 aromatic heterocycles. The molecule has 0 radical (unpaired) electrons. The first-order valence-electron chi connectivity index (χ1n) is 11.5. The van der Waals surface area contributed by atoms with E-state index < -0.39 is 22.0 Å². The van der Waals surface area contributed by atoms with Gasteiger partial charge in [0.2, 0.25) is 0 Å². The van der Waals surface area contributed by atoms with Gasteiger partial charge >= 0.3 is 12.0 Å². The van der Waals surface area contributed by atoms with Gasteiger partial charge in [-0.05, 0) is 54.5 Å². The maximum Gasteiger partial charge on any atom is 0.328 e. The summed E-state index contributed by atoms with van der Waals surface area (Å²) in [5.74, 6) is -0.801. The number of carbonyl (C=O) groups excluding carboxylic acids is 1. The highest BCUT2D eigenvalue weighted by atomic mass is 32.2. The van der Waals surface area contributed by atoms with Crippen molar-refractivity contribution in [2.24, 2.45) is 0 Å². The van der Waals surface area contributed by atoms with Gasteiger partial charge in [-0.25, -0.2) is 17.9 Å². The molecule has 0 saturated heterocycles. The third-order valence-corrected chi connectivity index (χ3v) is 6.35. The standard InChI is InChI=1S/C23H30N2O5S.C2H6/c1-3-6-20(4-2)24-23(28)25-31(29,30)21-15-13-19(14-16-21)18-11-9-17(10-12-18)7-5-8-22(26)27;1-2/h9-16,20H,3-8H2,1-2H3,(H,26,27)(H2,24,25,28);1-2H3. The van der Waals surface area contributed by atoms with Crippen LogP contribution >= 0.6 is 0 Å². The molecule has 0 bridgehead atoms. The maximum absolute atomic E-state index is 12.5. The summed E-state index contributed by atoms with van der Waals surface area (Å²) in [5, 5.41) is 11.4. The minimum absolute atomic E-state index is 0.0141. The number of sulfonamides is 1. The van der Waals surface area contributed by atoms with Crippen LogP contribution in [0.15, 0.2) is 53.4 Å². The molecule has 0 fully saturated rings. The number of carboxylic acid groups (broad SMARTS) is 1. The van der Waals surface area contributed by atoms with E-state index in [-0.39, 0.29) is 17.4 Å². The largest absolute Gasteiger partial charge is 0.481 e. The summed E-state index contributed by atoms with van der Waals surface area (Å²) in [5.41, 5.74) is 2.81. The van der Waals surface area contributed by atoms with E-state index in [0.29, 0.717) is 12.8 Å². The Kier molecular flexibility index (Phi) is 12.2. The topological polar surface area (TPSA) is 113 Å². The Morgan fingerprint density at radius 2 is 1.48 bits per heavy atom. The highest BCUT2D eigenvalue weighted by Crippen LogP contribution is 2.22. The van der Waals surface area contributed by atoms with E-state index in [9.17, 15) is 18.0 Å². The number of aliphatic carboxylic acids is 1. The zero-order valence-corrected chi connectivity index (χ0v) is 20.7. The van der Waals surface area contributed by atoms with Crippen molar-refractivity contribution in [3.63, 3.8) is 0 Å². The minimum atomic E-state index is -3.96. The number of rotatable bonds is 11. The molecule has 7 nitrogen and oxygen atoms in total. The van der Waals surface area contributed by atoms with Crippen LogP contribution in [-0.2, 0) is 21.2 Å². The average Bonchev–Trinajstić information content (AvgIpc) is 2.80. The van der Waals surface area contributed by atoms with Crippen molar-refractivity contribution >= 4 is 22.0 Å². The second-order valence-electron chi connectivity index (χ2n) is 7.44. The summed E-state index contributed by atoms with van der Waals surface area (Å²) in [6, 6.07) is 13.3. The van der Waals surface area contributed by atoms with Gasteiger partial charge in [-0.3, -0.25) is 4.79 Å². The quantitative estimate of drug-likeness (QED) is 0.404. The molecule has 0 aliphatic heterocycles. The molecule has 3 N–H and O–H groups in total. The van der Waals surface area contributed by atoms with E-state index >= 15 is 0 Å². The van der Waals surface area contributed by atoms with E-state index in [1.54, 1.807) is 12.1 Å². The Bertz CT molecular complexity index is 971. The molecule has 1 atom stereocenters. The number of amides is 2. The lowest BCUT2D eigenvalue weighted by molar-refractivity contribution is -0.137. The number of urea groups is 1. The van der Waals surface area contributed by atoms with E-state index in [2.05, 4.69) is 10.0 Å². The normalized spacial score (nSPS) is 11.6. The Labute approximate surface area is 197 Å². The first-order valence-corrected chi connectivity index (χ1v) is 13.0. The molecule has 2 rings (SSSR count). The van der Waals surface area contributed by atoms with Crippen LogP contribution in [0, 0.1) is 0 Å². The van der Waals surface area contributed by atoms with E-state index in [1.807, 2.05) is 52.0 Å². The minimum Gasteiger partial charge on any atom is -0.481 e. The third kappa shape index (κ3) is 9.65. The number of benzene rings is 2. The second kappa shape index (κ2) is 14.3. The van der Waals surface area contributed by atoms with Crippen molar-refractivity contribution in [3.05, 3.63) is 54.1 Å². The van der Waals surface area contributed by atoms with Crippen molar-refractivity contribution in [1.29, 1.82) is 0 Å². The summed E-state index contributed by atoms with van der Waals surface area (Å²) < 4.78 is 27.1. The zero-order chi connectivity index (χ0) is 24.9. The molecule has 0 heterocycles. The van der Waals surface area contributed by atoms with Gasteiger partial charge in [0.15, 0.2) is 0 Å². The Balaban J connectivity index is 0.00000265. The number of nitrogens with one attached hydrogen (secondary N) is 2. The third-order valence-electron chi connectivity index (χ3n) is 5.00. The molecular formula is C25H36N2O5S. The fraction of sp³-hybridized carbons (Fsp3) is 0.440. The summed E-state index contributed by atoms with van der Waals surface area (Å²) >= 11 is 0. The Hall–Kier alpha value is -2.87. The summed E-state index contributed by atoms with van der Waals surface area (Å²) in [7, 11) is -3.96. The maximum atomic E-state index is 12.5. The van der Waals surface area contributed by atoms with Crippen LogP contribution in [0.2, 0.25) is 0 Å². The highest BCUT2D eigenvalue weighted by molar-refractivity contribution is 7.90. The predicted molar refractivity (Wildman–Crippen MR) is 132 cm³/mol. The van der Waals surface area contributed by atoms with E-state index in [1.165, 1.54) is 12.1 Å². The molecule has 2 amide bonds. The molecule has 8 heteroatoms. The summed E-state index contributed by atoms with van der Waals surface area (Å²) in [4.78, 5) is 22.7. The van der Waals surface area contributed by atoms with E-state index in [4.69, 9.17) is 5.11 Å². The van der Waals surface area contributed by atoms with Crippen LogP contribution in [-0.4, -0.2) is 31.6 Å². The molecule has 0 aliphatic carbocycles. The number of hydrogen-bond acceptors (Lipinski definition) is 4. The van der Waals surface area contributed by atoms with Crippen molar-refractivity contribution in [2.45, 2.75) is 77.2 Å². The Morgan fingerprint density at radius 3 is 1.97 bits per heavy atom. The number of hydrogen-bond donors (Lipinski definition) is 3. The lowest BCUT2D eigenvalue weighted by Gasteiger charge is -2.16. The number of carboxylic acids is 1. The van der Waals surface area contributed by atoms with Gasteiger partial charge in [-0.1, -0.05) is 70.5 Å². The van der Waals surface area contributed by atoms with Crippen molar-refractivity contribution < 1.29 is 23.1 Å². The fourth-order valence-electron chi connectivity index (χ4n) is 3.26. The first-order chi connectivity index (χ1) is 15.7. The van der Waals surface area contributed by atoms with Gasteiger partial charge in [0.25, 0.3) is 10.0 Å².